The molecule has 0 bridgehead atoms. The normalized spacial score (nSPS) is 11.0. The Morgan fingerprint density at radius 2 is 1.60 bits per heavy atom. The number of methoxy groups -OCH3 is 1. The lowest BCUT2D eigenvalue weighted by atomic mass is 10.1. The van der Waals surface area contributed by atoms with E-state index in [1.54, 1.807) is 42.5 Å². The maximum Gasteiger partial charge on any atom is 0.349 e. The molecule has 1 amide bonds. The smallest absolute Gasteiger partial charge is 0.349 e. The molecule has 0 saturated heterocycles. The lowest BCUT2D eigenvalue weighted by molar-refractivity contribution is 0.102. The largest absolute Gasteiger partial charge is 0.493 e. The highest BCUT2D eigenvalue weighted by Crippen LogP contribution is 2.25. The molecule has 0 radical (unpaired) electrons. The molecule has 0 aliphatic carbocycles. The van der Waals surface area contributed by atoms with E-state index in [2.05, 4.69) is 15.5 Å². The van der Waals surface area contributed by atoms with Gasteiger partial charge in [-0.3, -0.25) is 4.79 Å². The first-order valence-corrected chi connectivity index (χ1v) is 9.13. The van der Waals surface area contributed by atoms with Crippen molar-refractivity contribution < 1.29 is 13.9 Å². The Labute approximate surface area is 171 Å². The Bertz CT molecular complexity index is 1280. The SMILES string of the molecule is COc1cccc2cc(C(=O)Nc3ccc(N=Nc4ccccc4)cc3)c(=O)oc12. The summed E-state index contributed by atoms with van der Waals surface area (Å²) in [6.45, 7) is 0. The summed E-state index contributed by atoms with van der Waals surface area (Å²) in [5, 5.41) is 11.6. The first kappa shape index (κ1) is 19.1. The number of anilines is 1. The quantitative estimate of drug-likeness (QED) is 0.356. The van der Waals surface area contributed by atoms with Crippen LogP contribution < -0.4 is 15.7 Å². The van der Waals surface area contributed by atoms with Crippen molar-refractivity contribution in [1.29, 1.82) is 0 Å². The maximum absolute atomic E-state index is 12.6. The van der Waals surface area contributed by atoms with Gasteiger partial charge in [0.2, 0.25) is 0 Å². The number of amides is 1. The van der Waals surface area contributed by atoms with Crippen LogP contribution in [0.4, 0.5) is 17.1 Å². The third-order valence-electron chi connectivity index (χ3n) is 4.35. The zero-order valence-corrected chi connectivity index (χ0v) is 16.0. The number of benzene rings is 3. The molecule has 0 aliphatic rings. The molecule has 30 heavy (non-hydrogen) atoms. The second-order valence-electron chi connectivity index (χ2n) is 6.36. The van der Waals surface area contributed by atoms with Gasteiger partial charge in [-0.05, 0) is 48.5 Å². The Morgan fingerprint density at radius 3 is 2.30 bits per heavy atom. The summed E-state index contributed by atoms with van der Waals surface area (Å²) < 4.78 is 10.5. The lowest BCUT2D eigenvalue weighted by Crippen LogP contribution is -2.20. The molecule has 7 nitrogen and oxygen atoms in total. The van der Waals surface area contributed by atoms with E-state index in [-0.39, 0.29) is 5.56 Å². The number of fused-ring (bicyclic) bond motifs is 1. The Morgan fingerprint density at radius 1 is 0.900 bits per heavy atom. The van der Waals surface area contributed by atoms with Crippen LogP contribution in [-0.2, 0) is 0 Å². The molecular formula is C23H17N3O4. The van der Waals surface area contributed by atoms with Gasteiger partial charge in [0.25, 0.3) is 5.91 Å². The van der Waals surface area contributed by atoms with Gasteiger partial charge in [0.1, 0.15) is 5.56 Å². The van der Waals surface area contributed by atoms with Crippen molar-refractivity contribution in [3.05, 3.63) is 94.8 Å². The van der Waals surface area contributed by atoms with Crippen molar-refractivity contribution in [2.75, 3.05) is 12.4 Å². The molecule has 1 N–H and O–H groups in total. The van der Waals surface area contributed by atoms with E-state index < -0.39 is 11.5 Å². The molecule has 1 aromatic heterocycles. The summed E-state index contributed by atoms with van der Waals surface area (Å²) in [6.07, 6.45) is 0. The van der Waals surface area contributed by atoms with Gasteiger partial charge >= 0.3 is 5.63 Å². The zero-order valence-electron chi connectivity index (χ0n) is 16.0. The third-order valence-corrected chi connectivity index (χ3v) is 4.35. The predicted octanol–water partition coefficient (Wildman–Crippen LogP) is 5.47. The number of carbonyl (C=O) groups excluding carboxylic acids is 1. The molecule has 7 heteroatoms. The van der Waals surface area contributed by atoms with E-state index in [9.17, 15) is 9.59 Å². The van der Waals surface area contributed by atoms with Gasteiger partial charge < -0.3 is 14.5 Å². The lowest BCUT2D eigenvalue weighted by Gasteiger charge is -2.07. The van der Waals surface area contributed by atoms with Gasteiger partial charge in [0, 0.05) is 11.1 Å². The van der Waals surface area contributed by atoms with Crippen molar-refractivity contribution in [1.82, 2.24) is 0 Å². The molecule has 1 heterocycles. The molecule has 4 rings (SSSR count). The molecule has 148 valence electrons. The fourth-order valence-electron chi connectivity index (χ4n) is 2.86. The van der Waals surface area contributed by atoms with Gasteiger partial charge in [-0.15, -0.1) is 0 Å². The van der Waals surface area contributed by atoms with Crippen molar-refractivity contribution in [3.8, 4) is 5.75 Å². The highest BCUT2D eigenvalue weighted by atomic mass is 16.5. The van der Waals surface area contributed by atoms with Gasteiger partial charge in [-0.25, -0.2) is 4.79 Å². The molecule has 0 unspecified atom stereocenters. The van der Waals surface area contributed by atoms with Crippen LogP contribution in [0.3, 0.4) is 0 Å². The Kier molecular flexibility index (Phi) is 5.34. The van der Waals surface area contributed by atoms with Crippen molar-refractivity contribution >= 4 is 33.9 Å². The molecule has 0 spiro atoms. The van der Waals surface area contributed by atoms with Gasteiger partial charge in [0.15, 0.2) is 11.3 Å². The van der Waals surface area contributed by atoms with Crippen LogP contribution in [0.1, 0.15) is 10.4 Å². The van der Waals surface area contributed by atoms with Crippen LogP contribution in [0.15, 0.2) is 98.3 Å². The fourth-order valence-corrected chi connectivity index (χ4v) is 2.86. The number of carbonyl (C=O) groups is 1. The number of azo groups is 1. The average Bonchev–Trinajstić information content (AvgIpc) is 2.78. The number of rotatable bonds is 5. The first-order valence-electron chi connectivity index (χ1n) is 9.13. The van der Waals surface area contributed by atoms with Crippen LogP contribution >= 0.6 is 0 Å². The molecule has 4 aromatic rings. The van der Waals surface area contributed by atoms with Crippen LogP contribution in [0.2, 0.25) is 0 Å². The maximum atomic E-state index is 12.6. The number of nitrogens with one attached hydrogen (secondary N) is 1. The Hall–Kier alpha value is -4.26. The van der Waals surface area contributed by atoms with E-state index in [1.807, 2.05) is 30.3 Å². The monoisotopic (exact) mass is 399 g/mol. The fraction of sp³-hybridized carbons (Fsp3) is 0.0435. The minimum Gasteiger partial charge on any atom is -0.493 e. The minimum atomic E-state index is -0.738. The standard InChI is InChI=1S/C23H17N3O4/c1-29-20-9-5-6-15-14-19(23(28)30-21(15)20)22(27)24-16-10-12-18(13-11-16)26-25-17-7-3-2-4-8-17/h2-14H,1H3,(H,24,27). The molecule has 0 aliphatic heterocycles. The first-order chi connectivity index (χ1) is 14.6. The van der Waals surface area contributed by atoms with E-state index in [1.165, 1.54) is 13.2 Å². The van der Waals surface area contributed by atoms with Crippen LogP contribution in [0.25, 0.3) is 11.0 Å². The topological polar surface area (TPSA) is 93.3 Å². The van der Waals surface area contributed by atoms with E-state index in [4.69, 9.17) is 9.15 Å². The zero-order chi connectivity index (χ0) is 20.9. The molecular weight excluding hydrogens is 382 g/mol. The number of nitrogens with zero attached hydrogens (tertiary/aromatic N) is 2. The van der Waals surface area contributed by atoms with Crippen molar-refractivity contribution in [3.63, 3.8) is 0 Å². The summed E-state index contributed by atoms with van der Waals surface area (Å²) in [6, 6.07) is 22.8. The van der Waals surface area contributed by atoms with Crippen LogP contribution in [0, 0.1) is 0 Å². The summed E-state index contributed by atoms with van der Waals surface area (Å²) >= 11 is 0. The van der Waals surface area contributed by atoms with E-state index in [0.29, 0.717) is 28.1 Å². The predicted molar refractivity (Wildman–Crippen MR) is 114 cm³/mol. The third kappa shape index (κ3) is 4.10. The number of hydrogen-bond acceptors (Lipinski definition) is 6. The molecule has 0 fully saturated rings. The Balaban J connectivity index is 1.52. The van der Waals surface area contributed by atoms with Gasteiger partial charge in [-0.2, -0.15) is 10.2 Å². The summed E-state index contributed by atoms with van der Waals surface area (Å²) in [4.78, 5) is 24.9. The van der Waals surface area contributed by atoms with E-state index in [0.717, 1.165) is 5.69 Å². The number of ether oxygens (including phenoxy) is 1. The highest BCUT2D eigenvalue weighted by Gasteiger charge is 2.15. The highest BCUT2D eigenvalue weighted by molar-refractivity contribution is 6.05. The molecule has 3 aromatic carbocycles. The number of hydrogen-bond donors (Lipinski definition) is 1. The number of para-hydroxylation sites is 1. The van der Waals surface area contributed by atoms with Crippen LogP contribution in [0.5, 0.6) is 5.75 Å². The summed E-state index contributed by atoms with van der Waals surface area (Å²) in [5.74, 6) is -0.135. The van der Waals surface area contributed by atoms with Crippen LogP contribution in [-0.4, -0.2) is 13.0 Å². The van der Waals surface area contributed by atoms with Gasteiger partial charge in [0.05, 0.1) is 18.5 Å². The summed E-state index contributed by atoms with van der Waals surface area (Å²) in [5.41, 5.74) is 1.36. The van der Waals surface area contributed by atoms with E-state index >= 15 is 0 Å². The van der Waals surface area contributed by atoms with Gasteiger partial charge in [-0.1, -0.05) is 30.3 Å². The summed E-state index contributed by atoms with van der Waals surface area (Å²) in [7, 11) is 1.48. The molecule has 0 saturated carbocycles. The van der Waals surface area contributed by atoms with Crippen molar-refractivity contribution in [2.45, 2.75) is 0 Å². The second kappa shape index (κ2) is 8.40. The average molecular weight is 399 g/mol. The minimum absolute atomic E-state index is 0.0939. The molecule has 0 atom stereocenters. The van der Waals surface area contributed by atoms with Crippen molar-refractivity contribution in [2.24, 2.45) is 10.2 Å². The second-order valence-corrected chi connectivity index (χ2v) is 6.36.